The molecule has 3 aromatic rings. The number of hydrogen-bond acceptors (Lipinski definition) is 6. The summed E-state index contributed by atoms with van der Waals surface area (Å²) in [6.45, 7) is 3.83. The maximum absolute atomic E-state index is 11.3. The summed E-state index contributed by atoms with van der Waals surface area (Å²) in [4.78, 5) is 19.8. The van der Waals surface area contributed by atoms with Gasteiger partial charge < -0.3 is 10.4 Å². The van der Waals surface area contributed by atoms with Crippen LogP contribution in [-0.4, -0.2) is 36.9 Å². The van der Waals surface area contributed by atoms with E-state index in [2.05, 4.69) is 20.4 Å². The second kappa shape index (κ2) is 5.96. The summed E-state index contributed by atoms with van der Waals surface area (Å²) < 4.78 is 1.51. The Labute approximate surface area is 137 Å². The standard InChI is InChI=1S/C16H14N6O2/c1-9(2)21-13-4-14(18-8-12(13)16(23)24)22-15-11(7-20-22)3-10(5-17)6-19-15/h3-4,6-9H,1-2H3,(H,18,21)(H,23,24). The maximum atomic E-state index is 11.3. The zero-order valence-electron chi connectivity index (χ0n) is 13.1. The minimum absolute atomic E-state index is 0.0593. The van der Waals surface area contributed by atoms with Crippen LogP contribution in [0.1, 0.15) is 29.8 Å². The Kier molecular flexibility index (Phi) is 3.83. The SMILES string of the molecule is CC(C)Nc1cc(-n2ncc3cc(C#N)cnc32)ncc1C(=O)O. The monoisotopic (exact) mass is 322 g/mol. The number of carbonyl (C=O) groups is 1. The Balaban J connectivity index is 2.13. The quantitative estimate of drug-likeness (QED) is 0.756. The average Bonchev–Trinajstić information content (AvgIpc) is 2.96. The molecule has 3 aromatic heterocycles. The third-order valence-corrected chi connectivity index (χ3v) is 3.32. The number of carboxylic acids is 1. The molecule has 0 aliphatic carbocycles. The lowest BCUT2D eigenvalue weighted by atomic mass is 10.2. The van der Waals surface area contributed by atoms with Gasteiger partial charge in [0.25, 0.3) is 0 Å². The number of aromatic nitrogens is 4. The number of nitrogens with zero attached hydrogens (tertiary/aromatic N) is 5. The van der Waals surface area contributed by atoms with E-state index in [1.54, 1.807) is 18.3 Å². The number of hydrogen-bond donors (Lipinski definition) is 2. The van der Waals surface area contributed by atoms with Crippen LogP contribution >= 0.6 is 0 Å². The van der Waals surface area contributed by atoms with Crippen molar-refractivity contribution in [1.82, 2.24) is 19.7 Å². The molecule has 0 saturated heterocycles. The fraction of sp³-hybridized carbons (Fsp3) is 0.188. The molecule has 8 nitrogen and oxygen atoms in total. The zero-order valence-corrected chi connectivity index (χ0v) is 13.1. The van der Waals surface area contributed by atoms with E-state index >= 15 is 0 Å². The Morgan fingerprint density at radius 3 is 2.75 bits per heavy atom. The second-order valence-electron chi connectivity index (χ2n) is 5.50. The van der Waals surface area contributed by atoms with Gasteiger partial charge in [0.1, 0.15) is 11.6 Å². The van der Waals surface area contributed by atoms with Gasteiger partial charge in [0.15, 0.2) is 11.5 Å². The van der Waals surface area contributed by atoms with E-state index in [0.717, 1.165) is 0 Å². The predicted octanol–water partition coefficient (Wildman–Crippen LogP) is 2.21. The number of rotatable bonds is 4. The summed E-state index contributed by atoms with van der Waals surface area (Å²) in [5.41, 5.74) is 1.53. The largest absolute Gasteiger partial charge is 0.478 e. The Bertz CT molecular complexity index is 970. The highest BCUT2D eigenvalue weighted by molar-refractivity contribution is 5.94. The van der Waals surface area contributed by atoms with Gasteiger partial charge in [-0.05, 0) is 19.9 Å². The van der Waals surface area contributed by atoms with Crippen molar-refractivity contribution >= 4 is 22.7 Å². The molecule has 3 heterocycles. The smallest absolute Gasteiger partial charge is 0.339 e. The molecule has 0 saturated carbocycles. The number of aromatic carboxylic acids is 1. The number of anilines is 1. The van der Waals surface area contributed by atoms with E-state index in [9.17, 15) is 9.90 Å². The number of pyridine rings is 2. The van der Waals surface area contributed by atoms with Gasteiger partial charge in [-0.25, -0.2) is 14.8 Å². The molecule has 0 aromatic carbocycles. The molecule has 2 N–H and O–H groups in total. The fourth-order valence-electron chi connectivity index (χ4n) is 2.31. The topological polar surface area (TPSA) is 117 Å². The number of fused-ring (bicyclic) bond motifs is 1. The summed E-state index contributed by atoms with van der Waals surface area (Å²) in [6.07, 6.45) is 4.34. The minimum Gasteiger partial charge on any atom is -0.478 e. The van der Waals surface area contributed by atoms with Crippen LogP contribution in [0.5, 0.6) is 0 Å². The molecule has 24 heavy (non-hydrogen) atoms. The minimum atomic E-state index is -1.06. The van der Waals surface area contributed by atoms with Crippen molar-refractivity contribution in [3.63, 3.8) is 0 Å². The van der Waals surface area contributed by atoms with Crippen LogP contribution in [0.3, 0.4) is 0 Å². The molecule has 8 heteroatoms. The van der Waals surface area contributed by atoms with Crippen LogP contribution < -0.4 is 5.32 Å². The van der Waals surface area contributed by atoms with Crippen LogP contribution in [0.25, 0.3) is 16.9 Å². The van der Waals surface area contributed by atoms with Crippen LogP contribution in [0.4, 0.5) is 5.69 Å². The van der Waals surface area contributed by atoms with Gasteiger partial charge in [-0.2, -0.15) is 15.0 Å². The molecule has 0 unspecified atom stereocenters. The highest BCUT2D eigenvalue weighted by Gasteiger charge is 2.15. The molecule has 0 aliphatic heterocycles. The molecule has 0 spiro atoms. The van der Waals surface area contributed by atoms with Crippen LogP contribution in [0.2, 0.25) is 0 Å². The lowest BCUT2D eigenvalue weighted by Crippen LogP contribution is -2.15. The summed E-state index contributed by atoms with van der Waals surface area (Å²) >= 11 is 0. The van der Waals surface area contributed by atoms with Gasteiger partial charge in [-0.1, -0.05) is 0 Å². The van der Waals surface area contributed by atoms with Crippen molar-refractivity contribution in [3.8, 4) is 11.9 Å². The third kappa shape index (κ3) is 2.75. The first kappa shape index (κ1) is 15.4. The van der Waals surface area contributed by atoms with E-state index in [-0.39, 0.29) is 11.6 Å². The summed E-state index contributed by atoms with van der Waals surface area (Å²) in [5.74, 6) is -0.616. The van der Waals surface area contributed by atoms with Crippen molar-refractivity contribution in [2.45, 2.75) is 19.9 Å². The second-order valence-corrected chi connectivity index (χ2v) is 5.50. The van der Waals surface area contributed by atoms with E-state index in [4.69, 9.17) is 5.26 Å². The van der Waals surface area contributed by atoms with Crippen molar-refractivity contribution in [2.75, 3.05) is 5.32 Å². The lowest BCUT2D eigenvalue weighted by Gasteiger charge is -2.13. The summed E-state index contributed by atoms with van der Waals surface area (Å²) in [7, 11) is 0. The van der Waals surface area contributed by atoms with Crippen molar-refractivity contribution in [1.29, 1.82) is 5.26 Å². The fourth-order valence-corrected chi connectivity index (χ4v) is 2.31. The Hall–Kier alpha value is -3.47. The molecule has 0 atom stereocenters. The molecule has 120 valence electrons. The first-order chi connectivity index (χ1) is 11.5. The Morgan fingerprint density at radius 2 is 2.08 bits per heavy atom. The predicted molar refractivity (Wildman–Crippen MR) is 87.1 cm³/mol. The average molecular weight is 322 g/mol. The molecule has 3 rings (SSSR count). The highest BCUT2D eigenvalue weighted by atomic mass is 16.4. The van der Waals surface area contributed by atoms with E-state index in [1.807, 2.05) is 19.9 Å². The summed E-state index contributed by atoms with van der Waals surface area (Å²) in [6, 6.07) is 5.39. The van der Waals surface area contributed by atoms with Crippen molar-refractivity contribution in [2.24, 2.45) is 0 Å². The van der Waals surface area contributed by atoms with Gasteiger partial charge in [-0.15, -0.1) is 0 Å². The van der Waals surface area contributed by atoms with Crippen LogP contribution in [0, 0.1) is 11.3 Å². The normalized spacial score (nSPS) is 10.8. The molecule has 0 aliphatic rings. The first-order valence-corrected chi connectivity index (χ1v) is 7.23. The van der Waals surface area contributed by atoms with Crippen molar-refractivity contribution < 1.29 is 9.90 Å². The maximum Gasteiger partial charge on any atom is 0.339 e. The molecular formula is C16H14N6O2. The number of nitrogens with one attached hydrogen (secondary N) is 1. The lowest BCUT2D eigenvalue weighted by molar-refractivity contribution is 0.0697. The van der Waals surface area contributed by atoms with E-state index in [0.29, 0.717) is 28.1 Å². The van der Waals surface area contributed by atoms with Crippen LogP contribution in [0.15, 0.2) is 30.7 Å². The van der Waals surface area contributed by atoms with Gasteiger partial charge in [0, 0.05) is 29.9 Å². The van der Waals surface area contributed by atoms with E-state index < -0.39 is 5.97 Å². The third-order valence-electron chi connectivity index (χ3n) is 3.32. The molecule has 0 radical (unpaired) electrons. The van der Waals surface area contributed by atoms with E-state index in [1.165, 1.54) is 17.1 Å². The molecule has 0 amide bonds. The van der Waals surface area contributed by atoms with Gasteiger partial charge in [-0.3, -0.25) is 0 Å². The number of carboxylic acid groups (broad SMARTS) is 1. The first-order valence-electron chi connectivity index (χ1n) is 7.23. The van der Waals surface area contributed by atoms with Crippen LogP contribution in [-0.2, 0) is 0 Å². The van der Waals surface area contributed by atoms with Gasteiger partial charge >= 0.3 is 5.97 Å². The molecular weight excluding hydrogens is 308 g/mol. The van der Waals surface area contributed by atoms with Gasteiger partial charge in [0.2, 0.25) is 0 Å². The highest BCUT2D eigenvalue weighted by Crippen LogP contribution is 2.22. The zero-order chi connectivity index (χ0) is 17.3. The molecule has 0 fully saturated rings. The number of nitriles is 1. The van der Waals surface area contributed by atoms with Gasteiger partial charge in [0.05, 0.1) is 17.4 Å². The van der Waals surface area contributed by atoms with Crippen molar-refractivity contribution in [3.05, 3.63) is 41.9 Å². The molecule has 0 bridgehead atoms. The Morgan fingerprint density at radius 1 is 1.29 bits per heavy atom. The summed E-state index contributed by atoms with van der Waals surface area (Å²) in [5, 5.41) is 26.3.